The minimum Gasteiger partial charge on any atom is -0.468 e. The van der Waals surface area contributed by atoms with Crippen LogP contribution < -0.4 is 5.32 Å². The molecule has 96 valence electrons. The van der Waals surface area contributed by atoms with Gasteiger partial charge in [-0.05, 0) is 18.8 Å². The Morgan fingerprint density at radius 2 is 1.94 bits per heavy atom. The Kier molecular flexibility index (Phi) is 6.65. The van der Waals surface area contributed by atoms with Gasteiger partial charge in [0, 0.05) is 6.04 Å². The highest BCUT2D eigenvalue weighted by Crippen LogP contribution is 2.19. The number of carbonyl (C=O) groups excluding carboxylic acids is 1. The fraction of sp³-hybridized carbons (Fsp3) is 0.923. The largest absolute Gasteiger partial charge is 0.468 e. The molecule has 0 heterocycles. The minimum absolute atomic E-state index is 0.149. The number of esters is 1. The maximum atomic E-state index is 11.6. The highest BCUT2D eigenvalue weighted by Gasteiger charge is 2.26. The van der Waals surface area contributed by atoms with Gasteiger partial charge in [0.15, 0.2) is 0 Å². The zero-order valence-corrected chi connectivity index (χ0v) is 11.6. The van der Waals surface area contributed by atoms with Crippen molar-refractivity contribution in [1.29, 1.82) is 0 Å². The van der Waals surface area contributed by atoms with Crippen molar-refractivity contribution in [3.63, 3.8) is 0 Å². The van der Waals surface area contributed by atoms with Gasteiger partial charge in [0.25, 0.3) is 0 Å². The Bertz CT molecular complexity index is 208. The number of methoxy groups -OCH3 is 1. The molecule has 0 aromatic carbocycles. The molecule has 3 heteroatoms. The van der Waals surface area contributed by atoms with Crippen molar-refractivity contribution in [2.45, 2.75) is 66.0 Å². The van der Waals surface area contributed by atoms with Crippen molar-refractivity contribution in [2.75, 3.05) is 7.11 Å². The van der Waals surface area contributed by atoms with Crippen LogP contribution in [0.25, 0.3) is 0 Å². The van der Waals surface area contributed by atoms with Gasteiger partial charge in [0.05, 0.1) is 7.11 Å². The molecule has 0 aliphatic carbocycles. The predicted molar refractivity (Wildman–Crippen MR) is 67.4 cm³/mol. The number of rotatable bonds is 6. The van der Waals surface area contributed by atoms with E-state index in [1.54, 1.807) is 0 Å². The van der Waals surface area contributed by atoms with E-state index in [2.05, 4.69) is 39.9 Å². The molecule has 0 aromatic heterocycles. The van der Waals surface area contributed by atoms with Crippen LogP contribution in [-0.2, 0) is 9.53 Å². The zero-order chi connectivity index (χ0) is 12.8. The molecular weight excluding hydrogens is 202 g/mol. The van der Waals surface area contributed by atoms with Gasteiger partial charge in [-0.1, -0.05) is 40.5 Å². The van der Waals surface area contributed by atoms with Crippen molar-refractivity contribution in [1.82, 2.24) is 5.32 Å². The zero-order valence-electron chi connectivity index (χ0n) is 11.6. The van der Waals surface area contributed by atoms with Crippen molar-refractivity contribution < 1.29 is 9.53 Å². The number of hydrogen-bond donors (Lipinski definition) is 1. The third-order valence-corrected chi connectivity index (χ3v) is 3.08. The van der Waals surface area contributed by atoms with Crippen molar-refractivity contribution in [3.8, 4) is 0 Å². The molecular formula is C13H27NO2. The molecule has 0 aliphatic rings. The number of hydrogen-bond acceptors (Lipinski definition) is 3. The lowest BCUT2D eigenvalue weighted by Crippen LogP contribution is -2.47. The summed E-state index contributed by atoms with van der Waals surface area (Å²) >= 11 is 0. The van der Waals surface area contributed by atoms with Crippen LogP contribution in [0.15, 0.2) is 0 Å². The van der Waals surface area contributed by atoms with Crippen LogP contribution in [0.3, 0.4) is 0 Å². The van der Waals surface area contributed by atoms with Crippen LogP contribution in [-0.4, -0.2) is 25.2 Å². The molecule has 0 saturated heterocycles. The predicted octanol–water partition coefficient (Wildman–Crippen LogP) is 2.74. The molecule has 0 aliphatic heterocycles. The van der Waals surface area contributed by atoms with E-state index in [9.17, 15) is 4.79 Å². The summed E-state index contributed by atoms with van der Waals surface area (Å²) in [6, 6.07) is 0.118. The first kappa shape index (κ1) is 15.4. The molecule has 0 amide bonds. The molecule has 0 spiro atoms. The van der Waals surface area contributed by atoms with Gasteiger partial charge >= 0.3 is 5.97 Å². The normalized spacial score (nSPS) is 15.6. The van der Waals surface area contributed by atoms with E-state index in [4.69, 9.17) is 4.74 Å². The second kappa shape index (κ2) is 6.89. The fourth-order valence-corrected chi connectivity index (χ4v) is 1.37. The number of carbonyl (C=O) groups is 1. The number of ether oxygens (including phenoxy) is 1. The molecule has 2 atom stereocenters. The summed E-state index contributed by atoms with van der Waals surface area (Å²) < 4.78 is 4.82. The molecule has 0 saturated carbocycles. The highest BCUT2D eigenvalue weighted by atomic mass is 16.5. The van der Waals surface area contributed by atoms with Gasteiger partial charge in [-0.2, -0.15) is 0 Å². The summed E-state index contributed by atoms with van der Waals surface area (Å²) in [6.07, 6.45) is 2.99. The molecule has 1 N–H and O–H groups in total. The summed E-state index contributed by atoms with van der Waals surface area (Å²) in [5, 5.41) is 3.37. The topological polar surface area (TPSA) is 38.3 Å². The van der Waals surface area contributed by atoms with E-state index >= 15 is 0 Å². The van der Waals surface area contributed by atoms with Gasteiger partial charge in [0.2, 0.25) is 0 Å². The van der Waals surface area contributed by atoms with E-state index in [0.717, 1.165) is 19.3 Å². The first-order valence-electron chi connectivity index (χ1n) is 6.16. The SMILES string of the molecule is CCCCC(NC(C)C(C)(C)C)C(=O)OC. The van der Waals surface area contributed by atoms with Gasteiger partial charge in [0.1, 0.15) is 6.04 Å². The maximum Gasteiger partial charge on any atom is 0.322 e. The maximum absolute atomic E-state index is 11.6. The molecule has 0 fully saturated rings. The fourth-order valence-electron chi connectivity index (χ4n) is 1.37. The van der Waals surface area contributed by atoms with Gasteiger partial charge in [-0.3, -0.25) is 4.79 Å². The summed E-state index contributed by atoms with van der Waals surface area (Å²) in [7, 11) is 1.45. The van der Waals surface area contributed by atoms with Gasteiger partial charge < -0.3 is 10.1 Å². The van der Waals surface area contributed by atoms with Gasteiger partial charge in [-0.25, -0.2) is 0 Å². The minimum atomic E-state index is -0.167. The lowest BCUT2D eigenvalue weighted by molar-refractivity contribution is -0.143. The quantitative estimate of drug-likeness (QED) is 0.712. The standard InChI is InChI=1S/C13H27NO2/c1-7-8-9-11(12(15)16-6)14-10(2)13(3,4)5/h10-11,14H,7-9H2,1-6H3. The second-order valence-electron chi connectivity index (χ2n) is 5.47. The Labute approximate surface area is 99.9 Å². The van der Waals surface area contributed by atoms with Gasteiger partial charge in [-0.15, -0.1) is 0 Å². The Morgan fingerprint density at radius 1 is 1.38 bits per heavy atom. The molecule has 16 heavy (non-hydrogen) atoms. The lowest BCUT2D eigenvalue weighted by atomic mass is 9.87. The Balaban J connectivity index is 4.36. The first-order valence-corrected chi connectivity index (χ1v) is 6.16. The summed E-state index contributed by atoms with van der Waals surface area (Å²) in [4.78, 5) is 11.6. The van der Waals surface area contributed by atoms with Crippen LogP contribution in [0, 0.1) is 5.41 Å². The van der Waals surface area contributed by atoms with Crippen LogP contribution in [0.5, 0.6) is 0 Å². The van der Waals surface area contributed by atoms with E-state index in [-0.39, 0.29) is 23.5 Å². The molecule has 0 bridgehead atoms. The molecule has 0 aromatic rings. The van der Waals surface area contributed by atoms with Crippen LogP contribution in [0.1, 0.15) is 53.9 Å². The number of nitrogens with one attached hydrogen (secondary N) is 1. The second-order valence-corrected chi connectivity index (χ2v) is 5.47. The summed E-state index contributed by atoms with van der Waals surface area (Å²) in [6.45, 7) is 10.7. The van der Waals surface area contributed by atoms with E-state index in [1.165, 1.54) is 7.11 Å². The van der Waals surface area contributed by atoms with Crippen molar-refractivity contribution in [3.05, 3.63) is 0 Å². The summed E-state index contributed by atoms with van der Waals surface area (Å²) in [5.74, 6) is -0.149. The molecule has 2 unspecified atom stereocenters. The Morgan fingerprint density at radius 3 is 2.31 bits per heavy atom. The first-order chi connectivity index (χ1) is 7.32. The molecule has 0 radical (unpaired) electrons. The van der Waals surface area contributed by atoms with E-state index in [1.807, 2.05) is 0 Å². The number of unbranched alkanes of at least 4 members (excludes halogenated alkanes) is 1. The Hall–Kier alpha value is -0.570. The third-order valence-electron chi connectivity index (χ3n) is 3.08. The van der Waals surface area contributed by atoms with Crippen molar-refractivity contribution in [2.24, 2.45) is 5.41 Å². The van der Waals surface area contributed by atoms with Crippen LogP contribution in [0.2, 0.25) is 0 Å². The molecule has 3 nitrogen and oxygen atoms in total. The molecule has 0 rings (SSSR count). The van der Waals surface area contributed by atoms with Crippen molar-refractivity contribution >= 4 is 5.97 Å². The van der Waals surface area contributed by atoms with E-state index < -0.39 is 0 Å². The highest BCUT2D eigenvalue weighted by molar-refractivity contribution is 5.75. The monoisotopic (exact) mass is 229 g/mol. The van der Waals surface area contributed by atoms with Crippen LogP contribution >= 0.6 is 0 Å². The van der Waals surface area contributed by atoms with Crippen LogP contribution in [0.4, 0.5) is 0 Å². The summed E-state index contributed by atoms with van der Waals surface area (Å²) in [5.41, 5.74) is 0.151. The smallest absolute Gasteiger partial charge is 0.322 e. The average Bonchev–Trinajstić information content (AvgIpc) is 2.21. The third kappa shape index (κ3) is 5.50. The van der Waals surface area contributed by atoms with E-state index in [0.29, 0.717) is 0 Å². The lowest BCUT2D eigenvalue weighted by Gasteiger charge is -2.31. The average molecular weight is 229 g/mol.